The monoisotopic (exact) mass is 369 g/mol. The Kier molecular flexibility index (Phi) is 6.29. The summed E-state index contributed by atoms with van der Waals surface area (Å²) < 4.78 is 0. The zero-order valence-electron chi connectivity index (χ0n) is 15.0. The third kappa shape index (κ3) is 4.44. The van der Waals surface area contributed by atoms with Gasteiger partial charge in [-0.15, -0.1) is 0 Å². The average molecular weight is 370 g/mol. The van der Waals surface area contributed by atoms with Crippen molar-refractivity contribution in [3.8, 4) is 11.4 Å². The molecule has 1 aromatic carbocycles. The van der Waals surface area contributed by atoms with Crippen LogP contribution in [0, 0.1) is 0 Å². The van der Waals surface area contributed by atoms with Gasteiger partial charge in [0.25, 0.3) is 0 Å². The number of benzene rings is 1. The van der Waals surface area contributed by atoms with Gasteiger partial charge >= 0.3 is 0 Å². The molecule has 0 radical (unpaired) electrons. The lowest BCUT2D eigenvalue weighted by atomic mass is 10.0. The Morgan fingerprint density at radius 2 is 2.12 bits per heavy atom. The number of fused-ring (bicyclic) bond motifs is 1. The molecule has 4 nitrogen and oxygen atoms in total. The fourth-order valence-corrected chi connectivity index (χ4v) is 3.30. The molecule has 0 bridgehead atoms. The second kappa shape index (κ2) is 8.86. The van der Waals surface area contributed by atoms with E-state index in [2.05, 4.69) is 22.2 Å². The van der Waals surface area contributed by atoms with Crippen LogP contribution in [0.25, 0.3) is 22.3 Å². The number of aryl methyl sites for hydroxylation is 1. The van der Waals surface area contributed by atoms with Gasteiger partial charge in [-0.25, -0.2) is 0 Å². The summed E-state index contributed by atoms with van der Waals surface area (Å²) >= 11 is 6.21. The van der Waals surface area contributed by atoms with Crippen LogP contribution in [0.1, 0.15) is 38.2 Å². The molecule has 26 heavy (non-hydrogen) atoms. The molecule has 0 saturated heterocycles. The molecule has 5 heteroatoms. The van der Waals surface area contributed by atoms with Gasteiger partial charge in [0.15, 0.2) is 0 Å². The second-order valence-electron chi connectivity index (χ2n) is 6.44. The van der Waals surface area contributed by atoms with E-state index in [1.165, 1.54) is 5.56 Å². The van der Waals surface area contributed by atoms with Crippen LogP contribution >= 0.6 is 11.6 Å². The summed E-state index contributed by atoms with van der Waals surface area (Å²) in [5.74, 6) is 0.121. The molecular formula is C21H24ClN3O. The van der Waals surface area contributed by atoms with Crippen LogP contribution < -0.4 is 5.32 Å². The summed E-state index contributed by atoms with van der Waals surface area (Å²) in [6.07, 6.45) is 6.02. The van der Waals surface area contributed by atoms with Crippen molar-refractivity contribution < 1.29 is 4.79 Å². The first kappa shape index (κ1) is 18.5. The lowest BCUT2D eigenvalue weighted by molar-refractivity contribution is -0.121. The fourth-order valence-electron chi connectivity index (χ4n) is 3.13. The van der Waals surface area contributed by atoms with Crippen molar-refractivity contribution in [1.29, 1.82) is 0 Å². The van der Waals surface area contributed by atoms with E-state index in [9.17, 15) is 4.79 Å². The molecule has 0 atom stereocenters. The summed E-state index contributed by atoms with van der Waals surface area (Å²) in [6, 6.07) is 11.7. The van der Waals surface area contributed by atoms with Crippen LogP contribution in [0.5, 0.6) is 0 Å². The molecule has 2 heterocycles. The van der Waals surface area contributed by atoms with Crippen molar-refractivity contribution in [3.63, 3.8) is 0 Å². The van der Waals surface area contributed by atoms with Crippen LogP contribution in [0.15, 0.2) is 42.6 Å². The first-order valence-corrected chi connectivity index (χ1v) is 9.55. The molecule has 3 rings (SSSR count). The standard InChI is InChI=1S/C21H24ClN3O/c1-2-3-12-24-20(26)9-6-7-16-17-14-15(22)10-11-18(17)25-21(16)19-8-4-5-13-23-19/h4-5,8,10-11,13-14,25H,2-3,6-7,9,12H2,1H3,(H,24,26). The predicted octanol–water partition coefficient (Wildman–Crippen LogP) is 5.12. The number of carbonyl (C=O) groups is 1. The van der Waals surface area contributed by atoms with E-state index in [1.807, 2.05) is 36.4 Å². The van der Waals surface area contributed by atoms with Crippen molar-refractivity contribution in [2.45, 2.75) is 39.0 Å². The molecule has 2 N–H and O–H groups in total. The third-order valence-corrected chi connectivity index (χ3v) is 4.71. The van der Waals surface area contributed by atoms with E-state index >= 15 is 0 Å². The van der Waals surface area contributed by atoms with E-state index in [0.29, 0.717) is 11.4 Å². The maximum atomic E-state index is 12.0. The number of hydrogen-bond acceptors (Lipinski definition) is 2. The summed E-state index contributed by atoms with van der Waals surface area (Å²) in [7, 11) is 0. The lowest BCUT2D eigenvalue weighted by Gasteiger charge is -2.06. The van der Waals surface area contributed by atoms with Gasteiger partial charge in [0.05, 0.1) is 11.4 Å². The molecule has 1 amide bonds. The zero-order valence-corrected chi connectivity index (χ0v) is 15.8. The number of carbonyl (C=O) groups excluding carboxylic acids is 1. The van der Waals surface area contributed by atoms with Crippen LogP contribution in [0.2, 0.25) is 5.02 Å². The van der Waals surface area contributed by atoms with Gasteiger partial charge in [-0.2, -0.15) is 0 Å². The number of aromatic amines is 1. The van der Waals surface area contributed by atoms with E-state index in [-0.39, 0.29) is 5.91 Å². The van der Waals surface area contributed by atoms with Gasteiger partial charge in [-0.05, 0) is 55.2 Å². The summed E-state index contributed by atoms with van der Waals surface area (Å²) in [6.45, 7) is 2.88. The van der Waals surface area contributed by atoms with Crippen molar-refractivity contribution in [1.82, 2.24) is 15.3 Å². The second-order valence-corrected chi connectivity index (χ2v) is 6.88. The van der Waals surface area contributed by atoms with Gasteiger partial charge in [0, 0.05) is 35.1 Å². The number of amides is 1. The topological polar surface area (TPSA) is 57.8 Å². The SMILES string of the molecule is CCCCNC(=O)CCCc1c(-c2ccccn2)[nH]c2ccc(Cl)cc12. The molecule has 0 aliphatic rings. The number of nitrogens with zero attached hydrogens (tertiary/aromatic N) is 1. The van der Waals surface area contributed by atoms with Crippen molar-refractivity contribution in [3.05, 3.63) is 53.2 Å². The molecule has 2 aromatic heterocycles. The number of H-pyrrole nitrogens is 1. The van der Waals surface area contributed by atoms with Gasteiger partial charge in [0.1, 0.15) is 0 Å². The van der Waals surface area contributed by atoms with Crippen molar-refractivity contribution >= 4 is 28.4 Å². The Morgan fingerprint density at radius 1 is 1.23 bits per heavy atom. The molecule has 0 aliphatic heterocycles. The maximum absolute atomic E-state index is 12.0. The van der Waals surface area contributed by atoms with Crippen LogP contribution in [0.4, 0.5) is 0 Å². The Morgan fingerprint density at radius 3 is 2.88 bits per heavy atom. The highest BCUT2D eigenvalue weighted by molar-refractivity contribution is 6.31. The highest BCUT2D eigenvalue weighted by Crippen LogP contribution is 2.32. The largest absolute Gasteiger partial charge is 0.356 e. The smallest absolute Gasteiger partial charge is 0.220 e. The summed E-state index contributed by atoms with van der Waals surface area (Å²) in [5, 5.41) is 4.79. The minimum absolute atomic E-state index is 0.121. The number of unbranched alkanes of at least 4 members (excludes halogenated alkanes) is 1. The van der Waals surface area contributed by atoms with E-state index in [1.54, 1.807) is 6.20 Å². The van der Waals surface area contributed by atoms with Crippen molar-refractivity contribution in [2.24, 2.45) is 0 Å². The number of rotatable bonds is 8. The number of aromatic nitrogens is 2. The highest BCUT2D eigenvalue weighted by atomic mass is 35.5. The fraction of sp³-hybridized carbons (Fsp3) is 0.333. The lowest BCUT2D eigenvalue weighted by Crippen LogP contribution is -2.24. The first-order chi connectivity index (χ1) is 12.7. The Bertz CT molecular complexity index is 874. The predicted molar refractivity (Wildman–Crippen MR) is 107 cm³/mol. The molecule has 136 valence electrons. The van der Waals surface area contributed by atoms with Crippen LogP contribution in [-0.4, -0.2) is 22.4 Å². The summed E-state index contributed by atoms with van der Waals surface area (Å²) in [4.78, 5) is 19.9. The zero-order chi connectivity index (χ0) is 18.4. The number of pyridine rings is 1. The van der Waals surface area contributed by atoms with E-state index < -0.39 is 0 Å². The molecule has 0 fully saturated rings. The average Bonchev–Trinajstić information content (AvgIpc) is 3.01. The van der Waals surface area contributed by atoms with Gasteiger partial charge in [0.2, 0.25) is 5.91 Å². The van der Waals surface area contributed by atoms with Gasteiger partial charge in [-0.3, -0.25) is 9.78 Å². The molecule has 0 saturated carbocycles. The van der Waals surface area contributed by atoms with E-state index in [0.717, 1.165) is 54.5 Å². The van der Waals surface area contributed by atoms with E-state index in [4.69, 9.17) is 11.6 Å². The number of hydrogen-bond donors (Lipinski definition) is 2. The molecule has 0 unspecified atom stereocenters. The Labute approximate surface area is 159 Å². The van der Waals surface area contributed by atoms with Gasteiger partial charge in [-0.1, -0.05) is 31.0 Å². The maximum Gasteiger partial charge on any atom is 0.220 e. The number of halogens is 1. The molecule has 0 aliphatic carbocycles. The summed E-state index contributed by atoms with van der Waals surface area (Å²) in [5.41, 5.74) is 4.12. The van der Waals surface area contributed by atoms with Crippen LogP contribution in [-0.2, 0) is 11.2 Å². The highest BCUT2D eigenvalue weighted by Gasteiger charge is 2.14. The number of nitrogens with one attached hydrogen (secondary N) is 2. The Balaban J connectivity index is 1.79. The minimum atomic E-state index is 0.121. The Hall–Kier alpha value is -2.33. The van der Waals surface area contributed by atoms with Crippen molar-refractivity contribution in [2.75, 3.05) is 6.54 Å². The molecule has 3 aromatic rings. The molecular weight excluding hydrogens is 346 g/mol. The van der Waals surface area contributed by atoms with Gasteiger partial charge < -0.3 is 10.3 Å². The minimum Gasteiger partial charge on any atom is -0.356 e. The third-order valence-electron chi connectivity index (χ3n) is 4.47. The first-order valence-electron chi connectivity index (χ1n) is 9.17. The quantitative estimate of drug-likeness (QED) is 0.541. The normalized spacial score (nSPS) is 11.0. The molecule has 0 spiro atoms. The van der Waals surface area contributed by atoms with Crippen LogP contribution in [0.3, 0.4) is 0 Å².